The topological polar surface area (TPSA) is 83.8 Å². The van der Waals surface area contributed by atoms with Crippen LogP contribution >= 0.6 is 0 Å². The first kappa shape index (κ1) is 15.7. The number of nitro groups is 1. The standard InChI is InChI=1S/C12H10F3N3O4/c1-6-10(19)16(2)11(20)17(6)7-3-4-9(18(21)22)8(5-7)12(13,14)15/h3-6H,1-2H3. The molecule has 0 spiro atoms. The van der Waals surface area contributed by atoms with E-state index in [0.29, 0.717) is 12.1 Å². The lowest BCUT2D eigenvalue weighted by atomic mass is 10.1. The fraction of sp³-hybridized carbons (Fsp3) is 0.333. The van der Waals surface area contributed by atoms with Gasteiger partial charge in [-0.2, -0.15) is 13.2 Å². The van der Waals surface area contributed by atoms with E-state index < -0.39 is 40.3 Å². The summed E-state index contributed by atoms with van der Waals surface area (Å²) in [6.45, 7) is 1.36. The first-order valence-corrected chi connectivity index (χ1v) is 6.02. The number of benzene rings is 1. The molecule has 1 atom stereocenters. The van der Waals surface area contributed by atoms with Crippen LogP contribution in [0.5, 0.6) is 0 Å². The zero-order valence-electron chi connectivity index (χ0n) is 11.4. The summed E-state index contributed by atoms with van der Waals surface area (Å²) in [4.78, 5) is 34.8. The van der Waals surface area contributed by atoms with Gasteiger partial charge in [-0.1, -0.05) is 0 Å². The fourth-order valence-corrected chi connectivity index (χ4v) is 2.21. The Kier molecular flexibility index (Phi) is 3.55. The second-order valence-electron chi connectivity index (χ2n) is 4.68. The summed E-state index contributed by atoms with van der Waals surface area (Å²) in [5, 5.41) is 10.7. The number of urea groups is 1. The number of alkyl halides is 3. The molecule has 10 heteroatoms. The van der Waals surface area contributed by atoms with Crippen molar-refractivity contribution in [3.63, 3.8) is 0 Å². The Labute approximate surface area is 122 Å². The predicted octanol–water partition coefficient (Wildman–Crippen LogP) is 2.40. The van der Waals surface area contributed by atoms with Gasteiger partial charge in [0, 0.05) is 18.8 Å². The number of likely N-dealkylation sites (N-methyl/N-ethyl adjacent to an activating group) is 1. The van der Waals surface area contributed by atoms with E-state index in [4.69, 9.17) is 0 Å². The first-order valence-electron chi connectivity index (χ1n) is 6.02. The van der Waals surface area contributed by atoms with Crippen molar-refractivity contribution >= 4 is 23.3 Å². The van der Waals surface area contributed by atoms with Crippen molar-refractivity contribution in [3.05, 3.63) is 33.9 Å². The number of nitro benzene ring substituents is 1. The molecule has 0 saturated carbocycles. The van der Waals surface area contributed by atoms with Gasteiger partial charge in [0.1, 0.15) is 11.6 Å². The van der Waals surface area contributed by atoms with E-state index in [2.05, 4.69) is 0 Å². The molecule has 1 fully saturated rings. The molecule has 1 aromatic rings. The highest BCUT2D eigenvalue weighted by atomic mass is 19.4. The van der Waals surface area contributed by atoms with Gasteiger partial charge in [0.05, 0.1) is 4.92 Å². The monoisotopic (exact) mass is 317 g/mol. The smallest absolute Gasteiger partial charge is 0.282 e. The number of anilines is 1. The van der Waals surface area contributed by atoms with Crippen LogP contribution in [0.2, 0.25) is 0 Å². The third-order valence-corrected chi connectivity index (χ3v) is 3.33. The van der Waals surface area contributed by atoms with Gasteiger partial charge in [0.15, 0.2) is 0 Å². The van der Waals surface area contributed by atoms with Crippen LogP contribution in [0, 0.1) is 10.1 Å². The molecule has 0 radical (unpaired) electrons. The minimum Gasteiger partial charge on any atom is -0.282 e. The van der Waals surface area contributed by atoms with Crippen LogP contribution in [0.15, 0.2) is 18.2 Å². The third-order valence-electron chi connectivity index (χ3n) is 3.33. The Morgan fingerprint density at radius 2 is 1.86 bits per heavy atom. The minimum atomic E-state index is -4.96. The molecule has 0 aliphatic carbocycles. The summed E-state index contributed by atoms with van der Waals surface area (Å²) in [7, 11) is 1.21. The van der Waals surface area contributed by atoms with Crippen molar-refractivity contribution < 1.29 is 27.7 Å². The lowest BCUT2D eigenvalue weighted by Crippen LogP contribution is -2.33. The number of carbonyl (C=O) groups excluding carboxylic acids is 2. The lowest BCUT2D eigenvalue weighted by Gasteiger charge is -2.20. The van der Waals surface area contributed by atoms with Crippen LogP contribution < -0.4 is 4.90 Å². The maximum Gasteiger partial charge on any atom is 0.423 e. The number of hydrogen-bond acceptors (Lipinski definition) is 4. The molecule has 1 unspecified atom stereocenters. The van der Waals surface area contributed by atoms with Gasteiger partial charge in [0.2, 0.25) is 0 Å². The van der Waals surface area contributed by atoms with Crippen LogP contribution in [0.3, 0.4) is 0 Å². The molecule has 1 heterocycles. The molecule has 1 aromatic carbocycles. The number of carbonyl (C=O) groups is 2. The Hall–Kier alpha value is -2.65. The van der Waals surface area contributed by atoms with Gasteiger partial charge in [-0.05, 0) is 19.1 Å². The van der Waals surface area contributed by atoms with Crippen molar-refractivity contribution in [1.82, 2.24) is 4.90 Å². The average Bonchev–Trinajstić information content (AvgIpc) is 2.61. The largest absolute Gasteiger partial charge is 0.423 e. The average molecular weight is 317 g/mol. The molecule has 3 amide bonds. The SMILES string of the molecule is CC1C(=O)N(C)C(=O)N1c1ccc([N+](=O)[O-])c(C(F)(F)F)c1. The zero-order chi connectivity index (χ0) is 16.8. The van der Waals surface area contributed by atoms with Gasteiger partial charge in [0.25, 0.3) is 11.6 Å². The van der Waals surface area contributed by atoms with Gasteiger partial charge in [-0.15, -0.1) is 0 Å². The van der Waals surface area contributed by atoms with Gasteiger partial charge in [-0.3, -0.25) is 24.7 Å². The van der Waals surface area contributed by atoms with E-state index in [9.17, 15) is 32.9 Å². The van der Waals surface area contributed by atoms with Gasteiger partial charge in [-0.25, -0.2) is 4.79 Å². The van der Waals surface area contributed by atoms with Gasteiger partial charge >= 0.3 is 12.2 Å². The molecule has 1 saturated heterocycles. The Morgan fingerprint density at radius 3 is 2.27 bits per heavy atom. The summed E-state index contributed by atoms with van der Waals surface area (Å²) in [6.07, 6.45) is -4.96. The zero-order valence-corrected chi connectivity index (χ0v) is 11.4. The number of rotatable bonds is 2. The van der Waals surface area contributed by atoms with Crippen LogP contribution in [-0.2, 0) is 11.0 Å². The van der Waals surface area contributed by atoms with Crippen LogP contribution in [0.4, 0.5) is 29.3 Å². The Balaban J connectivity index is 2.57. The number of amides is 3. The molecule has 2 rings (SSSR count). The second-order valence-corrected chi connectivity index (χ2v) is 4.68. The summed E-state index contributed by atoms with van der Waals surface area (Å²) in [5.41, 5.74) is -2.82. The molecule has 1 aliphatic rings. The predicted molar refractivity (Wildman–Crippen MR) is 68.2 cm³/mol. The van der Waals surface area contributed by atoms with Crippen molar-refractivity contribution in [2.24, 2.45) is 0 Å². The highest BCUT2D eigenvalue weighted by Crippen LogP contribution is 2.39. The van der Waals surface area contributed by atoms with Crippen molar-refractivity contribution in [2.75, 3.05) is 11.9 Å². The normalized spacial score (nSPS) is 19.0. The number of hydrogen-bond donors (Lipinski definition) is 0. The lowest BCUT2D eigenvalue weighted by molar-refractivity contribution is -0.388. The Morgan fingerprint density at radius 1 is 1.27 bits per heavy atom. The highest BCUT2D eigenvalue weighted by molar-refractivity contribution is 6.13. The van der Waals surface area contributed by atoms with E-state index in [-0.39, 0.29) is 5.69 Å². The molecular formula is C12H10F3N3O4. The van der Waals surface area contributed by atoms with Crippen LogP contribution in [0.25, 0.3) is 0 Å². The van der Waals surface area contributed by atoms with Crippen LogP contribution in [0.1, 0.15) is 12.5 Å². The summed E-state index contributed by atoms with van der Waals surface area (Å²) >= 11 is 0. The summed E-state index contributed by atoms with van der Waals surface area (Å²) in [5.74, 6) is -0.572. The van der Waals surface area contributed by atoms with E-state index >= 15 is 0 Å². The Bertz CT molecular complexity index is 674. The van der Waals surface area contributed by atoms with Crippen molar-refractivity contribution in [2.45, 2.75) is 19.1 Å². The molecular weight excluding hydrogens is 307 g/mol. The molecule has 7 nitrogen and oxygen atoms in total. The molecule has 22 heavy (non-hydrogen) atoms. The van der Waals surface area contributed by atoms with E-state index in [1.165, 1.54) is 14.0 Å². The number of imide groups is 1. The fourth-order valence-electron chi connectivity index (χ4n) is 2.21. The highest BCUT2D eigenvalue weighted by Gasteiger charge is 2.43. The maximum absolute atomic E-state index is 12.9. The van der Waals surface area contributed by atoms with Crippen molar-refractivity contribution in [1.29, 1.82) is 0 Å². The molecule has 1 aliphatic heterocycles. The van der Waals surface area contributed by atoms with Crippen molar-refractivity contribution in [3.8, 4) is 0 Å². The van der Waals surface area contributed by atoms with Gasteiger partial charge < -0.3 is 0 Å². The maximum atomic E-state index is 12.9. The van der Waals surface area contributed by atoms with E-state index in [1.54, 1.807) is 0 Å². The molecule has 118 valence electrons. The quantitative estimate of drug-likeness (QED) is 0.476. The number of halogens is 3. The molecule has 0 aromatic heterocycles. The molecule has 0 bridgehead atoms. The van der Waals surface area contributed by atoms with Crippen LogP contribution in [-0.4, -0.2) is 34.9 Å². The van der Waals surface area contributed by atoms with E-state index in [1.807, 2.05) is 0 Å². The minimum absolute atomic E-state index is 0.229. The van der Waals surface area contributed by atoms with E-state index in [0.717, 1.165) is 15.9 Å². The first-order chi connectivity index (χ1) is 10.1. The third kappa shape index (κ3) is 2.36. The second kappa shape index (κ2) is 4.97. The summed E-state index contributed by atoms with van der Waals surface area (Å²) < 4.78 is 38.8. The molecule has 0 N–H and O–H groups in total. The number of nitrogens with zero attached hydrogens (tertiary/aromatic N) is 3. The summed E-state index contributed by atoms with van der Waals surface area (Å²) in [6, 6.07) is 0.397.